The van der Waals surface area contributed by atoms with E-state index in [4.69, 9.17) is 28.9 Å². The van der Waals surface area contributed by atoms with E-state index in [1.54, 1.807) is 24.3 Å². The number of amidine groups is 1. The first-order valence-electron chi connectivity index (χ1n) is 4.98. The third-order valence-electron chi connectivity index (χ3n) is 2.04. The number of nitrogens with zero attached hydrogens (tertiary/aromatic N) is 3. The normalized spacial score (nSPS) is 11.3. The quantitative estimate of drug-likeness (QED) is 0.392. The second-order valence-corrected chi connectivity index (χ2v) is 4.16. The van der Waals surface area contributed by atoms with E-state index >= 15 is 0 Å². The molecule has 2 aromatic heterocycles. The lowest BCUT2D eigenvalue weighted by Gasteiger charge is -2.02. The topological polar surface area (TPSA) is 76.2 Å². The third kappa shape index (κ3) is 3.32. The molecule has 0 amide bonds. The lowest BCUT2D eigenvalue weighted by Crippen LogP contribution is -2.15. The van der Waals surface area contributed by atoms with Gasteiger partial charge in [-0.15, -0.1) is 0 Å². The Bertz CT molecular complexity index is 551. The number of aromatic nitrogens is 2. The number of nitrogens with one attached hydrogen (secondary N) is 1. The molecule has 3 N–H and O–H groups in total. The molecule has 0 fully saturated rings. The van der Waals surface area contributed by atoms with Gasteiger partial charge in [-0.25, -0.2) is 9.97 Å². The predicted octanol–water partition coefficient (Wildman–Crippen LogP) is 2.52. The lowest BCUT2D eigenvalue weighted by atomic mass is 10.3. The Morgan fingerprint density at radius 3 is 2.56 bits per heavy atom. The molecular formula is C11H9Cl2N5. The van der Waals surface area contributed by atoms with Crippen molar-refractivity contribution in [2.24, 2.45) is 10.8 Å². The zero-order chi connectivity index (χ0) is 13.0. The maximum absolute atomic E-state index is 5.77. The van der Waals surface area contributed by atoms with Crippen molar-refractivity contribution < 1.29 is 0 Å². The molecule has 2 rings (SSSR count). The van der Waals surface area contributed by atoms with Crippen molar-refractivity contribution in [2.75, 3.05) is 5.43 Å². The van der Waals surface area contributed by atoms with Crippen molar-refractivity contribution in [1.29, 1.82) is 0 Å². The molecule has 18 heavy (non-hydrogen) atoms. The molecule has 2 aromatic rings. The Balaban J connectivity index is 2.09. The summed E-state index contributed by atoms with van der Waals surface area (Å²) in [6.07, 6.45) is 3.05. The first-order chi connectivity index (χ1) is 8.65. The van der Waals surface area contributed by atoms with Crippen molar-refractivity contribution in [2.45, 2.75) is 0 Å². The van der Waals surface area contributed by atoms with Crippen LogP contribution in [-0.4, -0.2) is 15.8 Å². The van der Waals surface area contributed by atoms with E-state index in [9.17, 15) is 0 Å². The van der Waals surface area contributed by atoms with Crippen LogP contribution >= 0.6 is 23.2 Å². The molecule has 5 nitrogen and oxygen atoms in total. The van der Waals surface area contributed by atoms with E-state index in [-0.39, 0.29) is 5.84 Å². The third-order valence-corrected chi connectivity index (χ3v) is 2.49. The van der Waals surface area contributed by atoms with E-state index in [2.05, 4.69) is 20.5 Å². The lowest BCUT2D eigenvalue weighted by molar-refractivity contribution is 1.21. The van der Waals surface area contributed by atoms with Gasteiger partial charge >= 0.3 is 0 Å². The minimum Gasteiger partial charge on any atom is -0.382 e. The van der Waals surface area contributed by atoms with E-state index in [1.165, 1.54) is 12.4 Å². The van der Waals surface area contributed by atoms with Crippen molar-refractivity contribution in [3.63, 3.8) is 0 Å². The number of rotatable bonds is 3. The van der Waals surface area contributed by atoms with Crippen LogP contribution in [0.4, 0.5) is 5.82 Å². The number of halogens is 2. The van der Waals surface area contributed by atoms with Gasteiger partial charge in [0.25, 0.3) is 0 Å². The Kier molecular flexibility index (Phi) is 3.96. The summed E-state index contributed by atoms with van der Waals surface area (Å²) in [5.41, 5.74) is 9.16. The highest BCUT2D eigenvalue weighted by Crippen LogP contribution is 2.10. The molecule has 0 aromatic carbocycles. The second-order valence-electron chi connectivity index (χ2n) is 3.34. The SMILES string of the molecule is N/C(=N\Nc1ccc(Cl)cn1)c1ccc(Cl)nc1. The van der Waals surface area contributed by atoms with Gasteiger partial charge in [0.1, 0.15) is 11.0 Å². The summed E-state index contributed by atoms with van der Waals surface area (Å²) in [6, 6.07) is 6.76. The predicted molar refractivity (Wildman–Crippen MR) is 72.8 cm³/mol. The average Bonchev–Trinajstić information content (AvgIpc) is 2.38. The van der Waals surface area contributed by atoms with Crippen molar-refractivity contribution in [3.8, 4) is 0 Å². The van der Waals surface area contributed by atoms with Crippen molar-refractivity contribution in [3.05, 3.63) is 52.4 Å². The first kappa shape index (κ1) is 12.6. The van der Waals surface area contributed by atoms with Gasteiger partial charge in [-0.3, -0.25) is 5.43 Å². The number of hydrogen-bond donors (Lipinski definition) is 2. The second kappa shape index (κ2) is 5.66. The van der Waals surface area contributed by atoms with Crippen molar-refractivity contribution in [1.82, 2.24) is 9.97 Å². The highest BCUT2D eigenvalue weighted by Gasteiger charge is 1.99. The average molecular weight is 282 g/mol. The summed E-state index contributed by atoms with van der Waals surface area (Å²) < 4.78 is 0. The molecule has 0 aliphatic heterocycles. The summed E-state index contributed by atoms with van der Waals surface area (Å²) in [7, 11) is 0. The summed E-state index contributed by atoms with van der Waals surface area (Å²) in [6.45, 7) is 0. The van der Waals surface area contributed by atoms with Gasteiger partial charge in [-0.1, -0.05) is 23.2 Å². The summed E-state index contributed by atoms with van der Waals surface area (Å²) in [5, 5.41) is 4.94. The Hall–Kier alpha value is -1.85. The number of hydrogen-bond acceptors (Lipinski definition) is 4. The van der Waals surface area contributed by atoms with Gasteiger partial charge in [0.2, 0.25) is 0 Å². The molecule has 0 saturated heterocycles. The van der Waals surface area contributed by atoms with Crippen LogP contribution in [0.1, 0.15) is 5.56 Å². The van der Waals surface area contributed by atoms with Crippen LogP contribution in [0, 0.1) is 0 Å². The van der Waals surface area contributed by atoms with Gasteiger partial charge in [0.15, 0.2) is 5.84 Å². The van der Waals surface area contributed by atoms with Crippen LogP contribution in [0.5, 0.6) is 0 Å². The summed E-state index contributed by atoms with van der Waals surface area (Å²) in [5.74, 6) is 0.834. The van der Waals surface area contributed by atoms with Gasteiger partial charge in [0.05, 0.1) is 5.02 Å². The van der Waals surface area contributed by atoms with Crippen LogP contribution in [0.2, 0.25) is 10.2 Å². The molecule has 0 saturated carbocycles. The monoisotopic (exact) mass is 281 g/mol. The van der Waals surface area contributed by atoms with E-state index in [1.807, 2.05) is 0 Å². The molecule has 0 spiro atoms. The maximum atomic E-state index is 5.77. The molecule has 0 unspecified atom stereocenters. The molecule has 0 bridgehead atoms. The smallest absolute Gasteiger partial charge is 0.152 e. The minimum absolute atomic E-state index is 0.288. The molecule has 0 aliphatic carbocycles. The van der Waals surface area contributed by atoms with Crippen molar-refractivity contribution >= 4 is 34.9 Å². The molecule has 92 valence electrons. The van der Waals surface area contributed by atoms with Gasteiger partial charge in [0, 0.05) is 18.0 Å². The molecule has 0 radical (unpaired) electrons. The van der Waals surface area contributed by atoms with E-state index in [0.717, 1.165) is 0 Å². The van der Waals surface area contributed by atoms with Crippen LogP contribution in [0.15, 0.2) is 41.8 Å². The van der Waals surface area contributed by atoms with Crippen LogP contribution in [-0.2, 0) is 0 Å². The fourth-order valence-electron chi connectivity index (χ4n) is 1.15. The number of anilines is 1. The number of hydrazone groups is 1. The Labute approximate surface area is 114 Å². The summed E-state index contributed by atoms with van der Waals surface area (Å²) >= 11 is 11.4. The van der Waals surface area contributed by atoms with E-state index < -0.39 is 0 Å². The van der Waals surface area contributed by atoms with E-state index in [0.29, 0.717) is 21.6 Å². The number of nitrogens with two attached hydrogens (primary N) is 1. The fraction of sp³-hybridized carbons (Fsp3) is 0. The van der Waals surface area contributed by atoms with Crippen LogP contribution < -0.4 is 11.2 Å². The first-order valence-corrected chi connectivity index (χ1v) is 5.73. The number of pyridine rings is 2. The Morgan fingerprint density at radius 1 is 1.11 bits per heavy atom. The Morgan fingerprint density at radius 2 is 1.94 bits per heavy atom. The standard InChI is InChI=1S/C11H9Cl2N5/c12-8-2-4-10(16-6-8)17-18-11(14)7-1-3-9(13)15-5-7/h1-6H,(H2,14,18)(H,16,17). The molecule has 0 atom stereocenters. The largest absolute Gasteiger partial charge is 0.382 e. The van der Waals surface area contributed by atoms with Gasteiger partial charge in [-0.05, 0) is 24.3 Å². The molecule has 0 aliphatic rings. The molecule has 7 heteroatoms. The minimum atomic E-state index is 0.288. The zero-order valence-corrected chi connectivity index (χ0v) is 10.7. The van der Waals surface area contributed by atoms with Gasteiger partial charge in [-0.2, -0.15) is 5.10 Å². The molecule has 2 heterocycles. The zero-order valence-electron chi connectivity index (χ0n) is 9.14. The molecular weight excluding hydrogens is 273 g/mol. The van der Waals surface area contributed by atoms with Crippen LogP contribution in [0.25, 0.3) is 0 Å². The van der Waals surface area contributed by atoms with Crippen LogP contribution in [0.3, 0.4) is 0 Å². The van der Waals surface area contributed by atoms with Gasteiger partial charge < -0.3 is 5.73 Å². The maximum Gasteiger partial charge on any atom is 0.152 e. The fourth-order valence-corrected chi connectivity index (χ4v) is 1.37. The summed E-state index contributed by atoms with van der Waals surface area (Å²) in [4.78, 5) is 7.93. The highest BCUT2D eigenvalue weighted by atomic mass is 35.5. The highest BCUT2D eigenvalue weighted by molar-refractivity contribution is 6.30.